The minimum Gasteiger partial charge on any atom is -0.387 e. The van der Waals surface area contributed by atoms with E-state index in [1.165, 1.54) is 17.5 Å². The Morgan fingerprint density at radius 3 is 2.97 bits per heavy atom. The van der Waals surface area contributed by atoms with E-state index in [1.807, 2.05) is 5.38 Å². The van der Waals surface area contributed by atoms with E-state index in [0.717, 1.165) is 44.8 Å². The van der Waals surface area contributed by atoms with Crippen molar-refractivity contribution in [1.82, 2.24) is 20.5 Å². The number of alkyl halides is 3. The van der Waals surface area contributed by atoms with Crippen molar-refractivity contribution in [3.8, 4) is 0 Å². The number of nitrogen functional groups attached to an aromatic ring is 1. The van der Waals surface area contributed by atoms with E-state index >= 15 is 0 Å². The predicted molar refractivity (Wildman–Crippen MR) is 124 cm³/mol. The molecule has 3 aliphatic rings. The van der Waals surface area contributed by atoms with Crippen LogP contribution in [0.1, 0.15) is 44.2 Å². The van der Waals surface area contributed by atoms with Crippen molar-refractivity contribution in [2.45, 2.75) is 56.2 Å². The Balaban J connectivity index is 1.50. The molecule has 6 nitrogen and oxygen atoms in total. The summed E-state index contributed by atoms with van der Waals surface area (Å²) in [6, 6.07) is 0.244. The van der Waals surface area contributed by atoms with Crippen LogP contribution in [-0.4, -0.2) is 54.2 Å². The molecular weight excluding hydrogens is 451 g/mol. The maximum atomic E-state index is 13.5. The maximum absolute atomic E-state index is 13.5. The quantitative estimate of drug-likeness (QED) is 0.560. The lowest BCUT2D eigenvalue weighted by Gasteiger charge is -2.31. The number of allylic oxidation sites excluding steroid dienone is 1. The van der Waals surface area contributed by atoms with Crippen LogP contribution in [0.15, 0.2) is 41.0 Å². The molecule has 4 N–H and O–H groups in total. The molecule has 1 saturated carbocycles. The summed E-state index contributed by atoms with van der Waals surface area (Å²) >= 11 is 1.31. The molecule has 0 radical (unpaired) electrons. The van der Waals surface area contributed by atoms with Gasteiger partial charge in [0.2, 0.25) is 5.91 Å². The number of carbonyl (C=O) groups is 1. The zero-order valence-electron chi connectivity index (χ0n) is 18.5. The number of anilines is 1. The van der Waals surface area contributed by atoms with Crippen molar-refractivity contribution in [3.05, 3.63) is 46.6 Å². The number of thiazole rings is 1. The number of amides is 1. The number of dihydropyridines is 1. The fourth-order valence-electron chi connectivity index (χ4n) is 4.97. The summed E-state index contributed by atoms with van der Waals surface area (Å²) in [5.41, 5.74) is 5.46. The number of aromatic nitrogens is 1. The van der Waals surface area contributed by atoms with Gasteiger partial charge >= 0.3 is 6.18 Å². The van der Waals surface area contributed by atoms with Crippen LogP contribution in [0.25, 0.3) is 0 Å². The molecule has 180 valence electrons. The Kier molecular flexibility index (Phi) is 7.13. The van der Waals surface area contributed by atoms with E-state index < -0.39 is 17.2 Å². The number of carbonyl (C=O) groups excluding carboxylic acids is 1. The summed E-state index contributed by atoms with van der Waals surface area (Å²) in [7, 11) is 0. The predicted octanol–water partition coefficient (Wildman–Crippen LogP) is 3.65. The van der Waals surface area contributed by atoms with Crippen molar-refractivity contribution in [1.29, 1.82) is 0 Å². The van der Waals surface area contributed by atoms with Crippen LogP contribution >= 0.6 is 11.3 Å². The highest BCUT2D eigenvalue weighted by atomic mass is 32.1. The van der Waals surface area contributed by atoms with Gasteiger partial charge in [0.15, 0.2) is 5.13 Å². The van der Waals surface area contributed by atoms with Crippen molar-refractivity contribution in [3.63, 3.8) is 0 Å². The van der Waals surface area contributed by atoms with Gasteiger partial charge in [0.05, 0.1) is 16.7 Å². The molecule has 0 spiro atoms. The molecule has 0 aromatic carbocycles. The standard InChI is InChI=1S/C23H30F3N5OS/c24-23(25,26)17-10-16(12-28-14-17)13-29-20(32)22(19-15-33-21(27)30-19)7-6-18(11-22)31-8-4-2-1-3-5-9-31/h2,4,10,12,15,18,28H,1,3,5-9,11,13-14H2,(H2,27,30)(H,29,32). The van der Waals surface area contributed by atoms with Gasteiger partial charge in [-0.2, -0.15) is 13.2 Å². The van der Waals surface area contributed by atoms with Gasteiger partial charge in [0, 0.05) is 37.3 Å². The Morgan fingerprint density at radius 1 is 1.36 bits per heavy atom. The van der Waals surface area contributed by atoms with E-state index in [9.17, 15) is 18.0 Å². The molecular formula is C23H30F3N5OS. The number of nitrogens with zero attached hydrogens (tertiary/aromatic N) is 2. The molecule has 3 heterocycles. The van der Waals surface area contributed by atoms with Gasteiger partial charge in [-0.05, 0) is 56.7 Å². The lowest BCUT2D eigenvalue weighted by molar-refractivity contribution is -0.126. The van der Waals surface area contributed by atoms with Gasteiger partial charge in [0.25, 0.3) is 0 Å². The Morgan fingerprint density at radius 2 is 2.21 bits per heavy atom. The first-order valence-corrected chi connectivity index (χ1v) is 12.2. The fraction of sp³-hybridized carbons (Fsp3) is 0.565. The summed E-state index contributed by atoms with van der Waals surface area (Å²) < 4.78 is 39.2. The van der Waals surface area contributed by atoms with Crippen LogP contribution in [0.4, 0.5) is 18.3 Å². The first kappa shape index (κ1) is 23.8. The monoisotopic (exact) mass is 481 g/mol. The maximum Gasteiger partial charge on any atom is 0.414 e. The largest absolute Gasteiger partial charge is 0.414 e. The van der Waals surface area contributed by atoms with E-state index in [1.54, 1.807) is 0 Å². The average molecular weight is 482 g/mol. The highest BCUT2D eigenvalue weighted by molar-refractivity contribution is 7.13. The molecule has 1 aliphatic carbocycles. The smallest absolute Gasteiger partial charge is 0.387 e. The van der Waals surface area contributed by atoms with Crippen LogP contribution in [0.3, 0.4) is 0 Å². The molecule has 2 unspecified atom stereocenters. The molecule has 4 rings (SSSR count). The minimum atomic E-state index is -4.39. The van der Waals surface area contributed by atoms with Crippen LogP contribution in [0.5, 0.6) is 0 Å². The molecule has 2 aliphatic heterocycles. The number of nitrogens with two attached hydrogens (primary N) is 1. The van der Waals surface area contributed by atoms with Crippen LogP contribution < -0.4 is 16.4 Å². The molecule has 1 aromatic rings. The molecule has 1 amide bonds. The molecule has 0 bridgehead atoms. The third-order valence-corrected chi connectivity index (χ3v) is 7.46. The zero-order valence-corrected chi connectivity index (χ0v) is 19.3. The first-order chi connectivity index (χ1) is 15.8. The fourth-order valence-corrected chi connectivity index (χ4v) is 5.63. The van der Waals surface area contributed by atoms with Crippen molar-refractivity contribution < 1.29 is 18.0 Å². The van der Waals surface area contributed by atoms with E-state index in [4.69, 9.17) is 5.73 Å². The molecule has 1 fully saturated rings. The van der Waals surface area contributed by atoms with E-state index in [-0.39, 0.29) is 25.0 Å². The highest BCUT2D eigenvalue weighted by Gasteiger charge is 2.49. The number of nitrogens with one attached hydrogen (secondary N) is 2. The number of hydrogen-bond donors (Lipinski definition) is 3. The number of rotatable bonds is 5. The second-order valence-electron chi connectivity index (χ2n) is 8.96. The lowest BCUT2D eigenvalue weighted by Crippen LogP contribution is -2.45. The summed E-state index contributed by atoms with van der Waals surface area (Å²) in [6.45, 7) is 1.61. The lowest BCUT2D eigenvalue weighted by atomic mass is 9.81. The third-order valence-electron chi connectivity index (χ3n) is 6.78. The first-order valence-electron chi connectivity index (χ1n) is 11.4. The minimum absolute atomic E-state index is 0.0178. The Labute approximate surface area is 195 Å². The number of halogens is 3. The number of hydrogen-bond acceptors (Lipinski definition) is 6. The van der Waals surface area contributed by atoms with Crippen LogP contribution in [0.2, 0.25) is 0 Å². The van der Waals surface area contributed by atoms with Crippen LogP contribution in [0, 0.1) is 0 Å². The normalized spacial score (nSPS) is 26.7. The van der Waals surface area contributed by atoms with Gasteiger partial charge in [-0.3, -0.25) is 9.69 Å². The second kappa shape index (κ2) is 9.89. The van der Waals surface area contributed by atoms with Gasteiger partial charge in [-0.1, -0.05) is 12.2 Å². The van der Waals surface area contributed by atoms with Crippen LogP contribution in [-0.2, 0) is 10.2 Å². The molecule has 1 aromatic heterocycles. The average Bonchev–Trinajstić information content (AvgIpc) is 3.39. The summed E-state index contributed by atoms with van der Waals surface area (Å²) in [6.07, 6.45) is 8.16. The summed E-state index contributed by atoms with van der Waals surface area (Å²) in [5, 5.41) is 7.79. The SMILES string of the molecule is Nc1nc(C2(C(=O)NCC3=CNCC(C(F)(F)F)=C3)CCC(N3CC=CCCCC3)C2)cs1. The second-order valence-corrected chi connectivity index (χ2v) is 9.85. The van der Waals surface area contributed by atoms with Gasteiger partial charge in [-0.15, -0.1) is 11.3 Å². The zero-order chi connectivity index (χ0) is 23.5. The van der Waals surface area contributed by atoms with E-state index in [2.05, 4.69) is 32.7 Å². The molecule has 33 heavy (non-hydrogen) atoms. The van der Waals surface area contributed by atoms with Gasteiger partial charge in [-0.25, -0.2) is 4.98 Å². The topological polar surface area (TPSA) is 83.3 Å². The van der Waals surface area contributed by atoms with Crippen molar-refractivity contribution >= 4 is 22.4 Å². The van der Waals surface area contributed by atoms with Gasteiger partial charge in [0.1, 0.15) is 0 Å². The van der Waals surface area contributed by atoms with E-state index in [0.29, 0.717) is 29.2 Å². The molecule has 2 atom stereocenters. The highest BCUT2D eigenvalue weighted by Crippen LogP contribution is 2.44. The molecule has 0 saturated heterocycles. The summed E-state index contributed by atoms with van der Waals surface area (Å²) in [5.74, 6) is -0.202. The third kappa shape index (κ3) is 5.43. The Bertz CT molecular complexity index is 954. The van der Waals surface area contributed by atoms with Crippen molar-refractivity contribution in [2.75, 3.05) is 31.9 Å². The van der Waals surface area contributed by atoms with Crippen molar-refractivity contribution in [2.24, 2.45) is 0 Å². The Hall–Kier alpha value is -2.33. The summed E-state index contributed by atoms with van der Waals surface area (Å²) in [4.78, 5) is 20.4. The molecule has 10 heteroatoms. The van der Waals surface area contributed by atoms with Gasteiger partial charge < -0.3 is 16.4 Å².